The molecule has 1 nitrogen and oxygen atoms in total. The number of rotatable bonds is 2. The van der Waals surface area contributed by atoms with Gasteiger partial charge in [0.05, 0.1) is 6.54 Å². The summed E-state index contributed by atoms with van der Waals surface area (Å²) in [6.07, 6.45) is 6.45. The lowest BCUT2D eigenvalue weighted by molar-refractivity contribution is 0.435. The normalized spacial score (nSPS) is 23.5. The van der Waals surface area contributed by atoms with Crippen LogP contribution in [0.3, 0.4) is 0 Å². The highest BCUT2D eigenvalue weighted by Gasteiger charge is 2.28. The quantitative estimate of drug-likeness (QED) is 0.721. The lowest BCUT2D eigenvalue weighted by atomic mass is 10.0. The Morgan fingerprint density at radius 2 is 2.33 bits per heavy atom. The van der Waals surface area contributed by atoms with Crippen LogP contribution in [-0.4, -0.2) is 6.54 Å². The monoisotopic (exact) mass is 199 g/mol. The van der Waals surface area contributed by atoms with Crippen LogP contribution in [0, 0.1) is 25.2 Å². The van der Waals surface area contributed by atoms with E-state index in [1.54, 1.807) is 0 Å². The van der Waals surface area contributed by atoms with Crippen molar-refractivity contribution in [3.05, 3.63) is 34.9 Å². The summed E-state index contributed by atoms with van der Waals surface area (Å²) in [6.45, 7) is 5.08. The van der Waals surface area contributed by atoms with E-state index in [-0.39, 0.29) is 0 Å². The summed E-state index contributed by atoms with van der Waals surface area (Å²) in [4.78, 5) is 0. The maximum atomic E-state index is 5.29. The van der Waals surface area contributed by atoms with Crippen LogP contribution in [0.1, 0.15) is 29.7 Å². The molecule has 15 heavy (non-hydrogen) atoms. The number of hydrogen-bond donors (Lipinski definition) is 1. The Kier molecular flexibility index (Phi) is 2.79. The predicted molar refractivity (Wildman–Crippen MR) is 63.6 cm³/mol. The topological polar surface area (TPSA) is 12.0 Å². The van der Waals surface area contributed by atoms with E-state index in [9.17, 15) is 0 Å². The van der Waals surface area contributed by atoms with E-state index in [0.29, 0.717) is 18.5 Å². The van der Waals surface area contributed by atoms with Crippen LogP contribution in [0.15, 0.2) is 18.2 Å². The highest BCUT2D eigenvalue weighted by atomic mass is 14.9. The van der Waals surface area contributed by atoms with Gasteiger partial charge in [0.25, 0.3) is 0 Å². The molecule has 1 aromatic carbocycles. The van der Waals surface area contributed by atoms with E-state index < -0.39 is 0 Å². The molecule has 0 saturated carbocycles. The molecule has 1 aromatic rings. The van der Waals surface area contributed by atoms with E-state index in [2.05, 4.69) is 43.3 Å². The minimum atomic E-state index is 0.441. The maximum absolute atomic E-state index is 5.29. The van der Waals surface area contributed by atoms with Crippen LogP contribution in [-0.2, 0) is 6.42 Å². The maximum Gasteiger partial charge on any atom is 0.0578 e. The van der Waals surface area contributed by atoms with Crippen LogP contribution in [0.25, 0.3) is 0 Å². The third kappa shape index (κ3) is 1.91. The fourth-order valence-corrected chi connectivity index (χ4v) is 2.44. The summed E-state index contributed by atoms with van der Waals surface area (Å²) in [6, 6.07) is 7.16. The summed E-state index contributed by atoms with van der Waals surface area (Å²) in [7, 11) is 0. The smallest absolute Gasteiger partial charge is 0.0578 e. The van der Waals surface area contributed by atoms with Gasteiger partial charge in [-0.2, -0.15) is 0 Å². The number of hydrogen-bond acceptors (Lipinski definition) is 1. The van der Waals surface area contributed by atoms with Gasteiger partial charge in [-0.05, 0) is 30.4 Å². The van der Waals surface area contributed by atoms with E-state index in [0.717, 1.165) is 6.42 Å². The van der Waals surface area contributed by atoms with Crippen molar-refractivity contribution in [2.45, 2.75) is 26.3 Å². The van der Waals surface area contributed by atoms with Crippen molar-refractivity contribution in [2.24, 2.45) is 5.92 Å². The highest BCUT2D eigenvalue weighted by Crippen LogP contribution is 2.36. The van der Waals surface area contributed by atoms with Gasteiger partial charge in [-0.15, -0.1) is 6.42 Å². The summed E-state index contributed by atoms with van der Waals surface area (Å²) < 4.78 is 0. The lowest BCUT2D eigenvalue weighted by Gasteiger charge is -2.17. The first-order valence-corrected chi connectivity index (χ1v) is 5.48. The van der Waals surface area contributed by atoms with E-state index in [1.807, 2.05) is 0 Å². The number of terminal acetylenes is 1. The van der Waals surface area contributed by atoms with Gasteiger partial charge < -0.3 is 0 Å². The molecule has 1 heteroatoms. The molecule has 78 valence electrons. The van der Waals surface area contributed by atoms with Crippen molar-refractivity contribution in [1.29, 1.82) is 0 Å². The van der Waals surface area contributed by atoms with Gasteiger partial charge in [0.2, 0.25) is 0 Å². The van der Waals surface area contributed by atoms with Gasteiger partial charge in [-0.1, -0.05) is 36.6 Å². The first kappa shape index (κ1) is 10.3. The minimum absolute atomic E-state index is 0.441. The fraction of sp³-hybridized carbons (Fsp3) is 0.429. The van der Waals surface area contributed by atoms with Gasteiger partial charge in [-0.25, -0.2) is 0 Å². The Bertz CT molecular complexity index is 400. The number of aryl methyl sites for hydroxylation is 1. The molecule has 0 aromatic heterocycles. The molecule has 0 saturated heterocycles. The molecule has 0 fully saturated rings. The molecule has 0 heterocycles. The van der Waals surface area contributed by atoms with Crippen LogP contribution in [0.4, 0.5) is 0 Å². The predicted octanol–water partition coefficient (Wildman–Crippen LogP) is 2.45. The second-order valence-electron chi connectivity index (χ2n) is 4.45. The van der Waals surface area contributed by atoms with E-state index in [1.165, 1.54) is 16.7 Å². The second kappa shape index (κ2) is 4.08. The first-order chi connectivity index (χ1) is 7.22. The molecular weight excluding hydrogens is 182 g/mol. The third-order valence-electron chi connectivity index (χ3n) is 3.17. The van der Waals surface area contributed by atoms with Crippen molar-refractivity contribution >= 4 is 0 Å². The van der Waals surface area contributed by atoms with Gasteiger partial charge in [0, 0.05) is 6.04 Å². The fourth-order valence-electron chi connectivity index (χ4n) is 2.44. The second-order valence-corrected chi connectivity index (χ2v) is 4.45. The van der Waals surface area contributed by atoms with Gasteiger partial charge in [0.15, 0.2) is 0 Å². The van der Waals surface area contributed by atoms with Crippen molar-refractivity contribution in [3.63, 3.8) is 0 Å². The molecule has 1 N–H and O–H groups in total. The minimum Gasteiger partial charge on any atom is -0.299 e. The molecule has 2 atom stereocenters. The highest BCUT2D eigenvalue weighted by molar-refractivity contribution is 5.38. The zero-order chi connectivity index (χ0) is 10.8. The Labute approximate surface area is 91.9 Å². The summed E-state index contributed by atoms with van der Waals surface area (Å²) in [5, 5.41) is 3.43. The van der Waals surface area contributed by atoms with Crippen LogP contribution in [0.5, 0.6) is 0 Å². The third-order valence-corrected chi connectivity index (χ3v) is 3.17. The number of benzene rings is 1. The Balaban J connectivity index is 2.28. The Morgan fingerprint density at radius 3 is 3.07 bits per heavy atom. The Morgan fingerprint density at radius 1 is 1.53 bits per heavy atom. The molecule has 0 bridgehead atoms. The Hall–Kier alpha value is -1.26. The average molecular weight is 199 g/mol. The molecule has 1 aliphatic carbocycles. The van der Waals surface area contributed by atoms with Crippen LogP contribution >= 0.6 is 0 Å². The first-order valence-electron chi connectivity index (χ1n) is 5.48. The zero-order valence-corrected chi connectivity index (χ0v) is 9.38. The van der Waals surface area contributed by atoms with Crippen molar-refractivity contribution in [2.75, 3.05) is 6.54 Å². The SMILES string of the molecule is C#CCNC1c2cc(C)ccc2CC1C. The standard InChI is InChI=1S/C14H17N/c1-4-7-15-14-11(3)9-12-6-5-10(2)8-13(12)14/h1,5-6,8,11,14-15H,7,9H2,2-3H3. The van der Waals surface area contributed by atoms with Crippen molar-refractivity contribution in [3.8, 4) is 12.3 Å². The number of nitrogens with one attached hydrogen (secondary N) is 1. The summed E-state index contributed by atoms with van der Waals surface area (Å²) in [5.74, 6) is 3.30. The largest absolute Gasteiger partial charge is 0.299 e. The average Bonchev–Trinajstić information content (AvgIpc) is 2.51. The van der Waals surface area contributed by atoms with Crippen LogP contribution < -0.4 is 5.32 Å². The van der Waals surface area contributed by atoms with E-state index >= 15 is 0 Å². The molecule has 0 radical (unpaired) electrons. The molecular formula is C14H17N. The van der Waals surface area contributed by atoms with Gasteiger partial charge in [0.1, 0.15) is 0 Å². The van der Waals surface area contributed by atoms with E-state index in [4.69, 9.17) is 6.42 Å². The van der Waals surface area contributed by atoms with Gasteiger partial charge >= 0.3 is 0 Å². The summed E-state index contributed by atoms with van der Waals surface area (Å²) >= 11 is 0. The summed E-state index contributed by atoms with van der Waals surface area (Å²) in [5.41, 5.74) is 4.25. The van der Waals surface area contributed by atoms with Crippen molar-refractivity contribution in [1.82, 2.24) is 5.32 Å². The molecule has 0 spiro atoms. The number of fused-ring (bicyclic) bond motifs is 1. The molecule has 0 amide bonds. The van der Waals surface area contributed by atoms with Crippen LogP contribution in [0.2, 0.25) is 0 Å². The zero-order valence-electron chi connectivity index (χ0n) is 9.38. The van der Waals surface area contributed by atoms with Crippen molar-refractivity contribution < 1.29 is 0 Å². The molecule has 1 aliphatic rings. The lowest BCUT2D eigenvalue weighted by Crippen LogP contribution is -2.24. The van der Waals surface area contributed by atoms with Gasteiger partial charge in [-0.3, -0.25) is 5.32 Å². The molecule has 0 aliphatic heterocycles. The molecule has 2 rings (SSSR count). The molecule has 2 unspecified atom stereocenters.